The van der Waals surface area contributed by atoms with E-state index in [1.165, 1.54) is 12.1 Å². The van der Waals surface area contributed by atoms with Crippen molar-refractivity contribution in [3.63, 3.8) is 0 Å². The molecule has 0 aromatic heterocycles. The third-order valence-electron chi connectivity index (χ3n) is 4.36. The van der Waals surface area contributed by atoms with E-state index in [0.29, 0.717) is 6.54 Å². The maximum Gasteiger partial charge on any atom is 0.252 e. The highest BCUT2D eigenvalue weighted by atomic mass is 35.5. The van der Waals surface area contributed by atoms with E-state index in [0.717, 1.165) is 24.5 Å². The van der Waals surface area contributed by atoms with Crippen molar-refractivity contribution in [1.29, 1.82) is 0 Å². The van der Waals surface area contributed by atoms with Gasteiger partial charge in [0.1, 0.15) is 5.82 Å². The van der Waals surface area contributed by atoms with Crippen LogP contribution in [0.4, 0.5) is 4.39 Å². The molecule has 0 heterocycles. The fourth-order valence-corrected chi connectivity index (χ4v) is 2.97. The molecule has 3 rings (SSSR count). The Morgan fingerprint density at radius 2 is 1.96 bits per heavy atom. The lowest BCUT2D eigenvalue weighted by molar-refractivity contribution is 0.0808. The summed E-state index contributed by atoms with van der Waals surface area (Å²) in [4.78, 5) is 12.2. The average Bonchev–Trinajstić information content (AvgIpc) is 3.34. The molecular formula is C18H17ClFNO2. The van der Waals surface area contributed by atoms with Crippen LogP contribution in [0.25, 0.3) is 0 Å². The Kier molecular flexibility index (Phi) is 4.37. The summed E-state index contributed by atoms with van der Waals surface area (Å²) in [7, 11) is 0. The van der Waals surface area contributed by atoms with Gasteiger partial charge in [-0.3, -0.25) is 4.79 Å². The summed E-state index contributed by atoms with van der Waals surface area (Å²) in [5.41, 5.74) is 0.751. The number of carbonyl (C=O) groups excluding carboxylic acids is 1. The number of hydrogen-bond acceptors (Lipinski definition) is 2. The van der Waals surface area contributed by atoms with Crippen molar-refractivity contribution in [2.45, 2.75) is 18.9 Å². The van der Waals surface area contributed by atoms with Crippen molar-refractivity contribution >= 4 is 17.5 Å². The smallest absolute Gasteiger partial charge is 0.252 e. The van der Waals surface area contributed by atoms with Crippen molar-refractivity contribution in [3.05, 3.63) is 70.5 Å². The van der Waals surface area contributed by atoms with Gasteiger partial charge in [0, 0.05) is 12.0 Å². The number of aliphatic hydroxyl groups is 1. The maximum atomic E-state index is 13.0. The molecule has 5 heteroatoms. The molecule has 23 heavy (non-hydrogen) atoms. The molecule has 1 amide bonds. The van der Waals surface area contributed by atoms with Crippen LogP contribution in [-0.4, -0.2) is 17.6 Å². The summed E-state index contributed by atoms with van der Waals surface area (Å²) in [5, 5.41) is 13.4. The molecule has 1 fully saturated rings. The predicted molar refractivity (Wildman–Crippen MR) is 86.8 cm³/mol. The van der Waals surface area contributed by atoms with Crippen LogP contribution in [-0.2, 0) is 0 Å². The van der Waals surface area contributed by atoms with Gasteiger partial charge < -0.3 is 10.4 Å². The lowest BCUT2D eigenvalue weighted by atomic mass is 9.92. The van der Waals surface area contributed by atoms with E-state index in [4.69, 9.17) is 11.6 Å². The summed E-state index contributed by atoms with van der Waals surface area (Å²) >= 11 is 5.90. The van der Waals surface area contributed by atoms with E-state index in [1.54, 1.807) is 0 Å². The molecule has 0 bridgehead atoms. The number of nitrogens with one attached hydrogen (secondary N) is 1. The Balaban J connectivity index is 1.67. The van der Waals surface area contributed by atoms with Crippen LogP contribution in [0.1, 0.15) is 34.9 Å². The Labute approximate surface area is 139 Å². The predicted octanol–water partition coefficient (Wildman–Crippen LogP) is 3.72. The second-order valence-corrected chi connectivity index (χ2v) is 6.39. The van der Waals surface area contributed by atoms with Gasteiger partial charge in [-0.05, 0) is 36.6 Å². The van der Waals surface area contributed by atoms with Gasteiger partial charge in [-0.1, -0.05) is 41.9 Å². The second kappa shape index (κ2) is 6.30. The molecule has 0 spiro atoms. The zero-order valence-corrected chi connectivity index (χ0v) is 13.2. The van der Waals surface area contributed by atoms with Crippen molar-refractivity contribution < 1.29 is 14.3 Å². The van der Waals surface area contributed by atoms with Crippen LogP contribution in [0.2, 0.25) is 5.02 Å². The first-order valence-electron chi connectivity index (χ1n) is 7.48. The number of amides is 1. The van der Waals surface area contributed by atoms with E-state index in [1.807, 2.05) is 30.3 Å². The Hall–Kier alpha value is -1.91. The largest absolute Gasteiger partial charge is 0.388 e. The molecule has 2 N–H and O–H groups in total. The summed E-state index contributed by atoms with van der Waals surface area (Å²) in [6.45, 7) is 0.357. The van der Waals surface area contributed by atoms with Gasteiger partial charge in [0.25, 0.3) is 5.91 Å². The number of benzene rings is 2. The summed E-state index contributed by atoms with van der Waals surface area (Å²) in [6.07, 6.45) is 1.08. The van der Waals surface area contributed by atoms with Crippen molar-refractivity contribution in [1.82, 2.24) is 5.32 Å². The highest BCUT2D eigenvalue weighted by molar-refractivity contribution is 6.33. The zero-order chi connectivity index (χ0) is 16.4. The molecule has 1 atom stereocenters. The minimum absolute atomic E-state index is 0.0796. The number of halogens is 2. The lowest BCUT2D eigenvalue weighted by Gasteiger charge is -2.23. The highest BCUT2D eigenvalue weighted by Gasteiger charge is 2.49. The molecule has 0 saturated heterocycles. The Bertz CT molecular complexity index is 716. The van der Waals surface area contributed by atoms with Crippen LogP contribution >= 0.6 is 11.6 Å². The molecule has 1 aliphatic rings. The van der Waals surface area contributed by atoms with E-state index in [9.17, 15) is 14.3 Å². The molecule has 0 unspecified atom stereocenters. The van der Waals surface area contributed by atoms with Gasteiger partial charge in [-0.15, -0.1) is 0 Å². The van der Waals surface area contributed by atoms with E-state index in [2.05, 4.69) is 5.32 Å². The van der Waals surface area contributed by atoms with Gasteiger partial charge in [-0.25, -0.2) is 4.39 Å². The van der Waals surface area contributed by atoms with Crippen LogP contribution in [0.5, 0.6) is 0 Å². The van der Waals surface area contributed by atoms with E-state index in [-0.39, 0.29) is 21.9 Å². The second-order valence-electron chi connectivity index (χ2n) is 5.98. The van der Waals surface area contributed by atoms with Crippen molar-refractivity contribution in [2.24, 2.45) is 5.41 Å². The first-order chi connectivity index (χ1) is 11.0. The fourth-order valence-electron chi connectivity index (χ4n) is 2.72. The van der Waals surface area contributed by atoms with Crippen LogP contribution < -0.4 is 5.32 Å². The number of carbonyl (C=O) groups is 1. The van der Waals surface area contributed by atoms with Gasteiger partial charge in [0.2, 0.25) is 0 Å². The van der Waals surface area contributed by atoms with Gasteiger partial charge in [0.15, 0.2) is 0 Å². The van der Waals surface area contributed by atoms with Crippen LogP contribution in [0, 0.1) is 11.2 Å². The quantitative estimate of drug-likeness (QED) is 0.876. The number of rotatable bonds is 5. The lowest BCUT2D eigenvalue weighted by Crippen LogP contribution is -2.33. The van der Waals surface area contributed by atoms with Gasteiger partial charge in [0.05, 0.1) is 16.7 Å². The molecule has 2 aromatic rings. The summed E-state index contributed by atoms with van der Waals surface area (Å²) in [6, 6.07) is 13.1. The molecule has 3 nitrogen and oxygen atoms in total. The molecule has 2 aromatic carbocycles. The first-order valence-corrected chi connectivity index (χ1v) is 7.86. The number of hydrogen-bond donors (Lipinski definition) is 2. The molecule has 0 radical (unpaired) electrons. The van der Waals surface area contributed by atoms with Crippen LogP contribution in [0.3, 0.4) is 0 Å². The maximum absolute atomic E-state index is 13.0. The average molecular weight is 334 g/mol. The SMILES string of the molecule is O=C(NCC1([C@@H](O)c2ccccc2)CC1)c1ccc(F)cc1Cl. The van der Waals surface area contributed by atoms with Gasteiger partial charge in [-0.2, -0.15) is 0 Å². The topological polar surface area (TPSA) is 49.3 Å². The minimum atomic E-state index is -0.618. The van der Waals surface area contributed by atoms with Crippen LogP contribution in [0.15, 0.2) is 48.5 Å². The van der Waals surface area contributed by atoms with Crippen molar-refractivity contribution in [3.8, 4) is 0 Å². The molecule has 1 aliphatic carbocycles. The van der Waals surface area contributed by atoms with Gasteiger partial charge >= 0.3 is 0 Å². The number of aliphatic hydroxyl groups excluding tert-OH is 1. The monoisotopic (exact) mass is 333 g/mol. The third-order valence-corrected chi connectivity index (χ3v) is 4.68. The normalized spacial score (nSPS) is 16.7. The summed E-state index contributed by atoms with van der Waals surface area (Å²) < 4.78 is 13.0. The Morgan fingerprint density at radius 3 is 2.57 bits per heavy atom. The van der Waals surface area contributed by atoms with E-state index < -0.39 is 11.9 Å². The summed E-state index contributed by atoms with van der Waals surface area (Å²) in [5.74, 6) is -0.841. The molecule has 1 saturated carbocycles. The molecular weight excluding hydrogens is 317 g/mol. The zero-order valence-electron chi connectivity index (χ0n) is 12.4. The molecule has 0 aliphatic heterocycles. The standard InChI is InChI=1S/C18H17ClFNO2/c19-15-10-13(20)6-7-14(15)17(23)21-11-18(8-9-18)16(22)12-4-2-1-3-5-12/h1-7,10,16,22H,8-9,11H2,(H,21,23)/t16-/m0/s1. The van der Waals surface area contributed by atoms with E-state index >= 15 is 0 Å². The third kappa shape index (κ3) is 3.38. The van der Waals surface area contributed by atoms with Crippen molar-refractivity contribution in [2.75, 3.05) is 6.54 Å². The fraction of sp³-hybridized carbons (Fsp3) is 0.278. The first kappa shape index (κ1) is 16.0. The minimum Gasteiger partial charge on any atom is -0.388 e. The highest BCUT2D eigenvalue weighted by Crippen LogP contribution is 2.54. The molecule has 120 valence electrons. The Morgan fingerprint density at radius 1 is 1.26 bits per heavy atom.